The van der Waals surface area contributed by atoms with Gasteiger partial charge in [-0.25, -0.2) is 9.36 Å². The van der Waals surface area contributed by atoms with Crippen molar-refractivity contribution < 1.29 is 103 Å². The number of aromatic amines is 1. The molecule has 16 nitrogen and oxygen atoms in total. The van der Waals surface area contributed by atoms with Gasteiger partial charge in [0.2, 0.25) is 0 Å². The van der Waals surface area contributed by atoms with E-state index in [2.05, 4.69) is 60.8 Å². The second-order valence-corrected chi connectivity index (χ2v) is 21.2. The van der Waals surface area contributed by atoms with Crippen LogP contribution in [0.4, 0.5) is 11.4 Å². The van der Waals surface area contributed by atoms with Crippen LogP contribution < -0.4 is 82.8 Å². The second-order valence-electron chi connectivity index (χ2n) is 19.7. The molecular weight excluding hydrogens is 1400 g/mol. The van der Waals surface area contributed by atoms with Crippen LogP contribution in [0.5, 0.6) is 0 Å². The topological polar surface area (TPSA) is 246 Å². The summed E-state index contributed by atoms with van der Waals surface area (Å²) >= 11 is 11.8. The fourth-order valence-corrected chi connectivity index (χ4v) is 10.0. The Bertz CT molecular complexity index is 3370. The molecule has 1 aliphatic carbocycles. The number of fused-ring (bicyclic) bond motifs is 2. The fourth-order valence-electron chi connectivity index (χ4n) is 9.62. The number of anilines is 2. The molecule has 2 aromatic heterocycles. The van der Waals surface area contributed by atoms with E-state index in [-0.39, 0.29) is 86.8 Å². The number of halogens is 2. The van der Waals surface area contributed by atoms with E-state index >= 15 is 0 Å². The van der Waals surface area contributed by atoms with Crippen molar-refractivity contribution in [2.75, 3.05) is 22.9 Å². The SMILES string of the molecule is Cc1ccccc1C(=O)N1CCc2cc(-n3cc(CC(=O)Cc4ccccc4)cn3)ccc21.Cc1ccccc1C(=O)N1CCc2cc(Br)ccc21.N[C@H]1CCCC[C@@H]1N.O=C(Cc1ccccc1)Cc1cn[nH]c1.O=[P+]([O-])O[O-].[Cu][I].[K+].[K][K]. The van der Waals surface area contributed by atoms with Gasteiger partial charge in [0.1, 0.15) is 11.6 Å². The Kier molecular flexibility index (Phi) is 37.4. The summed E-state index contributed by atoms with van der Waals surface area (Å²) in [6, 6.07) is 47.7. The van der Waals surface area contributed by atoms with Gasteiger partial charge in [0.15, 0.2) is 0 Å². The molecule has 6 aromatic carbocycles. The quantitative estimate of drug-likeness (QED) is 0.0413. The molecule has 1 saturated carbocycles. The number of amides is 2. The predicted octanol–water partition coefficient (Wildman–Crippen LogP) is 6.10. The second kappa shape index (κ2) is 41.8. The van der Waals surface area contributed by atoms with Crippen LogP contribution in [-0.4, -0.2) is 132 Å². The van der Waals surface area contributed by atoms with E-state index in [1.165, 1.54) is 81.6 Å². The first kappa shape index (κ1) is 76.0. The van der Waals surface area contributed by atoms with Crippen LogP contribution in [-0.2, 0) is 70.1 Å². The number of hydrogen-bond donors (Lipinski definition) is 3. The van der Waals surface area contributed by atoms with Gasteiger partial charge in [0, 0.05) is 90.2 Å². The molecule has 23 heteroatoms. The number of H-pyrrole nitrogens is 1. The fraction of sp³-hybridized carbons (Fsp3) is 0.258. The minimum atomic E-state index is -3.15. The normalized spacial score (nSPS) is 14.3. The number of nitrogens with one attached hydrogen (secondary N) is 1. The van der Waals surface area contributed by atoms with Crippen molar-refractivity contribution in [1.82, 2.24) is 20.0 Å². The van der Waals surface area contributed by atoms with Crippen LogP contribution in [0, 0.1) is 13.8 Å². The molecule has 0 radical (unpaired) electrons. The van der Waals surface area contributed by atoms with Crippen molar-refractivity contribution in [2.24, 2.45) is 11.5 Å². The number of ketones is 2. The summed E-state index contributed by atoms with van der Waals surface area (Å²) in [4.78, 5) is 62.4. The summed E-state index contributed by atoms with van der Waals surface area (Å²) in [6.45, 7) is 5.38. The summed E-state index contributed by atoms with van der Waals surface area (Å²) in [6.07, 6.45) is 15.4. The van der Waals surface area contributed by atoms with Crippen LogP contribution in [0.1, 0.15) is 90.9 Å². The van der Waals surface area contributed by atoms with Gasteiger partial charge in [0.25, 0.3) is 11.8 Å². The minimum absolute atomic E-state index is 0. The van der Waals surface area contributed by atoms with E-state index < -0.39 is 8.25 Å². The van der Waals surface area contributed by atoms with Gasteiger partial charge in [-0.1, -0.05) is 126 Å². The molecule has 5 N–H and O–H groups in total. The molecule has 0 bridgehead atoms. The van der Waals surface area contributed by atoms with E-state index in [1.807, 2.05) is 163 Å². The van der Waals surface area contributed by atoms with E-state index in [0.29, 0.717) is 32.2 Å². The van der Waals surface area contributed by atoms with Crippen molar-refractivity contribution >= 4 is 142 Å². The van der Waals surface area contributed by atoms with Gasteiger partial charge in [0.05, 0.1) is 18.1 Å². The summed E-state index contributed by atoms with van der Waals surface area (Å²) in [5, 5.41) is 19.5. The van der Waals surface area contributed by atoms with Gasteiger partial charge >= 0.3 is 156 Å². The predicted molar refractivity (Wildman–Crippen MR) is 336 cm³/mol. The van der Waals surface area contributed by atoms with Crippen LogP contribution in [0.2, 0.25) is 0 Å². The average Bonchev–Trinajstić information content (AvgIpc) is 3.22. The number of Topliss-reactive ketones (excluding diaryl/α,β-unsaturated/α-hetero) is 2. The Morgan fingerprint density at radius 2 is 1.11 bits per heavy atom. The summed E-state index contributed by atoms with van der Waals surface area (Å²) in [5.74, 6) is 0.514. The van der Waals surface area contributed by atoms with Gasteiger partial charge in [-0.05, 0) is 137 Å². The molecule has 434 valence electrons. The van der Waals surface area contributed by atoms with Crippen LogP contribution >= 0.6 is 44.5 Å². The number of aromatic nitrogens is 4. The Hall–Kier alpha value is -1.44. The molecule has 1 unspecified atom stereocenters. The third-order valence-corrected chi connectivity index (χ3v) is 14.4. The summed E-state index contributed by atoms with van der Waals surface area (Å²) in [7, 11) is -3.15. The standard InChI is InChI=1S/C28H25N3O2.C16H14BrNO.C12H12N2O.C6H14N2.Cu.HI.3K.HO4P/c1-20-7-5-6-10-26(20)28(33)30-14-13-23-17-24(11-12-27(23)30)31-19-22(18-29-31)16-25(32)15-21-8-3-2-4-9-21;1-11-4-2-3-5-14(11)16(19)18-9-8-12-10-13(17)6-7-15(12)18;15-12(7-11-8-13-14-9-11)6-10-4-2-1-3-5-10;7-5-3-1-2-4-6(5)8;;;;;;1-4-5(2)3/h2-12,17-19H,13-16H2,1H3;2-7,10H,8-9H2,1H3;1-5,8-9H,6-7H2,(H,13,14);5-6H,1-4,7-8H2;;1H;;;;1H/q;;;;+1;;;;+1;/p-2/t;;;5-,6-;;;;;;/m...0....../s1. The molecule has 1 fully saturated rings. The zero-order chi connectivity index (χ0) is 61.0. The first-order chi connectivity index (χ1) is 40.7. The van der Waals surface area contributed by atoms with Gasteiger partial charge < -0.3 is 31.4 Å². The van der Waals surface area contributed by atoms with Gasteiger partial charge in [-0.3, -0.25) is 24.3 Å². The number of carbonyl (C=O) groups excluding carboxylic acids is 4. The Morgan fingerprint density at radius 3 is 1.55 bits per heavy atom. The number of benzene rings is 6. The van der Waals surface area contributed by atoms with Gasteiger partial charge in [-0.15, -0.1) is 0 Å². The van der Waals surface area contributed by atoms with E-state index in [0.717, 1.165) is 104 Å². The van der Waals surface area contributed by atoms with E-state index in [1.54, 1.807) is 43.6 Å². The number of nitrogens with zero attached hydrogens (tertiary/aromatic N) is 5. The van der Waals surface area contributed by atoms with Crippen LogP contribution in [0.25, 0.3) is 5.69 Å². The van der Waals surface area contributed by atoms with E-state index in [4.69, 9.17) is 26.2 Å². The average molecular weight is 1470 g/mol. The van der Waals surface area contributed by atoms with Crippen molar-refractivity contribution in [3.05, 3.63) is 230 Å². The number of rotatable bonds is 12. The molecule has 2 amide bonds. The van der Waals surface area contributed by atoms with Crippen molar-refractivity contribution in [3.8, 4) is 5.69 Å². The number of carbonyl (C=O) groups is 4. The third kappa shape index (κ3) is 25.3. The first-order valence-corrected chi connectivity index (χ1v) is 48.5. The first-order valence-electron chi connectivity index (χ1n) is 27.5. The maximum atomic E-state index is 13.1. The molecular formula is C62H65BrCuIK3N8O8P. The molecule has 3 aliphatic rings. The molecule has 2 aliphatic heterocycles. The summed E-state index contributed by atoms with van der Waals surface area (Å²) < 4.78 is 14.2. The van der Waals surface area contributed by atoms with Gasteiger partial charge in [-0.2, -0.15) is 10.2 Å². The van der Waals surface area contributed by atoms with Crippen molar-refractivity contribution in [3.63, 3.8) is 0 Å². The zero-order valence-electron chi connectivity index (χ0n) is 48.5. The monoisotopic (exact) mass is 1470 g/mol. The van der Waals surface area contributed by atoms with Crippen LogP contribution in [0.15, 0.2) is 175 Å². The summed E-state index contributed by atoms with van der Waals surface area (Å²) in [5.41, 5.74) is 24.1. The third-order valence-electron chi connectivity index (χ3n) is 13.8. The Balaban J connectivity index is 0.000000253. The number of aryl methyl sites for hydroxylation is 2. The zero-order valence-corrected chi connectivity index (χ0v) is 63.4. The number of nitrogens with two attached hydrogens (primary N) is 2. The molecule has 0 saturated heterocycles. The molecule has 4 heterocycles. The maximum absolute atomic E-state index is 13.1. The molecule has 3 atom stereocenters. The van der Waals surface area contributed by atoms with Crippen molar-refractivity contribution in [1.29, 1.82) is 0 Å². The molecule has 8 aromatic rings. The Morgan fingerprint density at radius 1 is 0.671 bits per heavy atom. The molecule has 85 heavy (non-hydrogen) atoms. The Labute approximate surface area is 614 Å². The molecule has 11 rings (SSSR count). The van der Waals surface area contributed by atoms with Crippen molar-refractivity contribution in [2.45, 2.75) is 90.1 Å². The van der Waals surface area contributed by atoms with Crippen LogP contribution in [0.3, 0.4) is 0 Å². The number of hydrogen-bond acceptors (Lipinski definition) is 12. The van der Waals surface area contributed by atoms with E-state index in [9.17, 15) is 19.2 Å². The molecule has 0 spiro atoms.